The molecular formula is C25H31NO3S. The number of aryl methyl sites for hydroxylation is 2. The maximum absolute atomic E-state index is 11.9. The lowest BCUT2D eigenvalue weighted by molar-refractivity contribution is 0.484. The molecule has 3 rings (SSSR count). The summed E-state index contributed by atoms with van der Waals surface area (Å²) in [5.74, 6) is 0.346. The minimum atomic E-state index is -4.26. The molecule has 0 fully saturated rings. The van der Waals surface area contributed by atoms with Crippen LogP contribution < -0.4 is 5.32 Å². The van der Waals surface area contributed by atoms with Gasteiger partial charge in [0.2, 0.25) is 0 Å². The normalized spacial score (nSPS) is 12.0. The number of hydrogen-bond acceptors (Lipinski definition) is 3. The van der Waals surface area contributed by atoms with E-state index in [1.165, 1.54) is 11.1 Å². The maximum atomic E-state index is 11.9. The van der Waals surface area contributed by atoms with E-state index in [1.807, 2.05) is 24.3 Å². The lowest BCUT2D eigenvalue weighted by Gasteiger charge is -2.06. The van der Waals surface area contributed by atoms with E-state index in [-0.39, 0.29) is 4.90 Å². The molecule has 160 valence electrons. The van der Waals surface area contributed by atoms with Crippen molar-refractivity contribution < 1.29 is 13.0 Å². The first-order valence-corrected chi connectivity index (χ1v) is 12.0. The van der Waals surface area contributed by atoms with Crippen LogP contribution in [0.1, 0.15) is 54.9 Å². The summed E-state index contributed by atoms with van der Waals surface area (Å²) < 4.78 is 33.5. The molecule has 2 aliphatic rings. The second-order valence-corrected chi connectivity index (χ2v) is 9.67. The number of benzene rings is 1. The van der Waals surface area contributed by atoms with Gasteiger partial charge in [-0.25, -0.2) is 0 Å². The monoisotopic (exact) mass is 425 g/mol. The number of hydrogen-bond donors (Lipinski definition) is 2. The summed E-state index contributed by atoms with van der Waals surface area (Å²) >= 11 is 0. The van der Waals surface area contributed by atoms with E-state index in [2.05, 4.69) is 50.4 Å². The highest BCUT2D eigenvalue weighted by Crippen LogP contribution is 2.36. The molecule has 4 nitrogen and oxygen atoms in total. The predicted molar refractivity (Wildman–Crippen MR) is 123 cm³/mol. The number of fused-ring (bicyclic) bond motifs is 1. The Labute approximate surface area is 180 Å². The smallest absolute Gasteiger partial charge is 0.295 e. The molecule has 0 unspecified atom stereocenters. The Balaban J connectivity index is 1.64. The molecule has 0 aliphatic heterocycles. The molecule has 2 N–H and O–H groups in total. The fourth-order valence-electron chi connectivity index (χ4n) is 3.71. The third-order valence-corrected chi connectivity index (χ3v) is 6.43. The summed E-state index contributed by atoms with van der Waals surface area (Å²) in [6, 6.07) is 18.0. The van der Waals surface area contributed by atoms with Gasteiger partial charge in [0.05, 0.1) is 0 Å². The van der Waals surface area contributed by atoms with Crippen LogP contribution in [0.4, 0.5) is 0 Å². The van der Waals surface area contributed by atoms with Gasteiger partial charge in [-0.3, -0.25) is 4.55 Å². The van der Waals surface area contributed by atoms with E-state index in [0.717, 1.165) is 49.0 Å². The molecule has 0 saturated carbocycles. The van der Waals surface area contributed by atoms with Crippen LogP contribution in [0.3, 0.4) is 0 Å². The highest BCUT2D eigenvalue weighted by molar-refractivity contribution is 7.86. The second-order valence-electron chi connectivity index (χ2n) is 8.28. The minimum Gasteiger partial charge on any atom is -0.313 e. The molecule has 0 aromatic heterocycles. The van der Waals surface area contributed by atoms with Crippen molar-refractivity contribution in [2.24, 2.45) is 0 Å². The van der Waals surface area contributed by atoms with Crippen LogP contribution in [0.5, 0.6) is 0 Å². The first kappa shape index (κ1) is 22.5. The molecule has 1 aromatic rings. The first-order valence-electron chi connectivity index (χ1n) is 10.5. The van der Waals surface area contributed by atoms with Gasteiger partial charge in [0.1, 0.15) is 4.90 Å². The highest BCUT2D eigenvalue weighted by atomic mass is 32.2. The van der Waals surface area contributed by atoms with Gasteiger partial charge in [-0.2, -0.15) is 8.42 Å². The van der Waals surface area contributed by atoms with Crippen molar-refractivity contribution in [3.05, 3.63) is 76.9 Å². The van der Waals surface area contributed by atoms with Crippen molar-refractivity contribution in [2.45, 2.75) is 57.4 Å². The van der Waals surface area contributed by atoms with Crippen LogP contribution in [0.15, 0.2) is 59.5 Å². The number of nitrogens with one attached hydrogen (secondary N) is 1. The zero-order chi connectivity index (χ0) is 21.7. The summed E-state index contributed by atoms with van der Waals surface area (Å²) in [6.45, 7) is 8.05. The van der Waals surface area contributed by atoms with Gasteiger partial charge >= 0.3 is 0 Å². The topological polar surface area (TPSA) is 66.4 Å². The van der Waals surface area contributed by atoms with Gasteiger partial charge in [0, 0.05) is 12.1 Å². The third-order valence-electron chi connectivity index (χ3n) is 5.54. The number of unbranched alkanes of at least 4 members (excludes halogenated alkanes) is 1. The molecule has 0 saturated heterocycles. The van der Waals surface area contributed by atoms with E-state index in [9.17, 15) is 13.0 Å². The molecule has 1 aromatic carbocycles. The second kappa shape index (κ2) is 9.73. The Morgan fingerprint density at radius 3 is 2.23 bits per heavy atom. The van der Waals surface area contributed by atoms with Gasteiger partial charge in [0.15, 0.2) is 0 Å². The maximum Gasteiger partial charge on any atom is 0.295 e. The minimum absolute atomic E-state index is 0.0101. The van der Waals surface area contributed by atoms with Crippen molar-refractivity contribution >= 4 is 10.1 Å². The van der Waals surface area contributed by atoms with Gasteiger partial charge < -0.3 is 5.32 Å². The fourth-order valence-corrected chi connectivity index (χ4v) is 4.46. The molecule has 0 heterocycles. The third kappa shape index (κ3) is 5.69. The molecule has 0 amide bonds. The molecule has 0 spiro atoms. The first-order chi connectivity index (χ1) is 14.3. The van der Waals surface area contributed by atoms with Crippen molar-refractivity contribution in [3.63, 3.8) is 0 Å². The van der Waals surface area contributed by atoms with Crippen LogP contribution >= 0.6 is 0 Å². The van der Waals surface area contributed by atoms with Crippen LogP contribution in [-0.4, -0.2) is 19.5 Å². The molecule has 0 radical (unpaired) electrons. The number of rotatable bonds is 9. The average Bonchev–Trinajstić information content (AvgIpc) is 2.89. The molecule has 0 bridgehead atoms. The van der Waals surface area contributed by atoms with Crippen LogP contribution in [-0.2, 0) is 23.1 Å². The molecule has 30 heavy (non-hydrogen) atoms. The summed E-state index contributed by atoms with van der Waals surface area (Å²) in [7, 11) is -4.26. The van der Waals surface area contributed by atoms with E-state index in [4.69, 9.17) is 0 Å². The Hall–Kier alpha value is -2.21. The summed E-state index contributed by atoms with van der Waals surface area (Å²) in [4.78, 5) is 0.0101. The SMILES string of the molecule is Cc1ccc(CNCCCCc2cc(S(=O)(=O)O)c3ccc(C(C)C)ccc2-3)cc1. The van der Waals surface area contributed by atoms with E-state index >= 15 is 0 Å². The van der Waals surface area contributed by atoms with E-state index in [0.29, 0.717) is 11.5 Å². The molecule has 5 heteroatoms. The van der Waals surface area contributed by atoms with Crippen LogP contribution in [0.25, 0.3) is 11.1 Å². The standard InChI is InChI=1S/C25H31NO3S/c1-18(2)21-11-13-23-22(16-25(30(27,28)29)24(23)14-12-21)6-4-5-15-26-17-20-9-7-19(3)8-10-20/h7-14,16,18,26H,4-6,15,17H2,1-3H3,(H,27,28,29). The van der Waals surface area contributed by atoms with Crippen LogP contribution in [0, 0.1) is 6.92 Å². The molecule has 2 aliphatic carbocycles. The Bertz CT molecular complexity index is 1060. The van der Waals surface area contributed by atoms with Crippen molar-refractivity contribution in [2.75, 3.05) is 6.54 Å². The van der Waals surface area contributed by atoms with Crippen molar-refractivity contribution in [3.8, 4) is 11.1 Å². The highest BCUT2D eigenvalue weighted by Gasteiger charge is 2.22. The fraction of sp³-hybridized carbons (Fsp3) is 0.360. The largest absolute Gasteiger partial charge is 0.313 e. The zero-order valence-electron chi connectivity index (χ0n) is 18.0. The van der Waals surface area contributed by atoms with Crippen molar-refractivity contribution in [1.29, 1.82) is 0 Å². The Morgan fingerprint density at radius 2 is 1.60 bits per heavy atom. The zero-order valence-corrected chi connectivity index (χ0v) is 18.8. The summed E-state index contributed by atoms with van der Waals surface area (Å²) in [5.41, 5.74) is 6.15. The Morgan fingerprint density at radius 1 is 0.933 bits per heavy atom. The molecular weight excluding hydrogens is 394 g/mol. The predicted octanol–water partition coefficient (Wildman–Crippen LogP) is 5.58. The van der Waals surface area contributed by atoms with E-state index in [1.54, 1.807) is 6.07 Å². The van der Waals surface area contributed by atoms with Crippen molar-refractivity contribution in [1.82, 2.24) is 5.32 Å². The van der Waals surface area contributed by atoms with Crippen LogP contribution in [0.2, 0.25) is 0 Å². The Kier molecular flexibility index (Phi) is 7.29. The summed E-state index contributed by atoms with van der Waals surface area (Å²) in [5, 5.41) is 3.46. The van der Waals surface area contributed by atoms with Gasteiger partial charge in [-0.1, -0.05) is 67.9 Å². The lowest BCUT2D eigenvalue weighted by atomic mass is 10.0. The quantitative estimate of drug-likeness (QED) is 0.347. The summed E-state index contributed by atoms with van der Waals surface area (Å²) in [6.07, 6.45) is 2.72. The van der Waals surface area contributed by atoms with Gasteiger partial charge in [-0.05, 0) is 67.0 Å². The van der Waals surface area contributed by atoms with Gasteiger partial charge in [0.25, 0.3) is 10.1 Å². The average molecular weight is 426 g/mol. The molecule has 0 atom stereocenters. The van der Waals surface area contributed by atoms with Gasteiger partial charge in [-0.15, -0.1) is 0 Å². The van der Waals surface area contributed by atoms with E-state index < -0.39 is 10.1 Å². The lowest BCUT2D eigenvalue weighted by Crippen LogP contribution is -2.14.